The molecule has 0 unspecified atom stereocenters. The number of carbonyl (C=O) groups excluding carboxylic acids is 3. The van der Waals surface area contributed by atoms with Gasteiger partial charge in [0.05, 0.1) is 11.1 Å². The van der Waals surface area contributed by atoms with Gasteiger partial charge in [-0.2, -0.15) is 0 Å². The van der Waals surface area contributed by atoms with E-state index < -0.39 is 0 Å². The van der Waals surface area contributed by atoms with Gasteiger partial charge in [0.15, 0.2) is 0 Å². The number of anilines is 1. The molecule has 0 atom stereocenters. The van der Waals surface area contributed by atoms with Gasteiger partial charge in [0, 0.05) is 44.5 Å². The first-order valence-electron chi connectivity index (χ1n) is 9.33. The maximum absolute atomic E-state index is 12.6. The SMILES string of the molecule is CCCCN1C(=O)c2ccc(C(=O)NCc3cccnc3N(C)C)cc2C1=O. The Kier molecular flexibility index (Phi) is 5.73. The minimum Gasteiger partial charge on any atom is -0.362 e. The van der Waals surface area contributed by atoms with Crippen molar-refractivity contribution >= 4 is 23.5 Å². The second kappa shape index (κ2) is 8.21. The molecule has 0 aliphatic carbocycles. The van der Waals surface area contributed by atoms with Crippen molar-refractivity contribution in [2.45, 2.75) is 26.3 Å². The van der Waals surface area contributed by atoms with Gasteiger partial charge in [0.1, 0.15) is 5.82 Å². The first-order chi connectivity index (χ1) is 13.4. The molecule has 1 aliphatic rings. The highest BCUT2D eigenvalue weighted by Gasteiger charge is 2.35. The number of benzene rings is 1. The number of amides is 3. The first kappa shape index (κ1) is 19.5. The lowest BCUT2D eigenvalue weighted by Gasteiger charge is -2.16. The van der Waals surface area contributed by atoms with Crippen LogP contribution < -0.4 is 10.2 Å². The van der Waals surface area contributed by atoms with Gasteiger partial charge in [-0.25, -0.2) is 4.98 Å². The van der Waals surface area contributed by atoms with Crippen molar-refractivity contribution in [2.24, 2.45) is 0 Å². The summed E-state index contributed by atoms with van der Waals surface area (Å²) in [6.45, 7) is 2.72. The Hall–Kier alpha value is -3.22. The van der Waals surface area contributed by atoms with E-state index >= 15 is 0 Å². The molecule has 2 heterocycles. The molecule has 0 spiro atoms. The predicted octanol–water partition coefficient (Wildman–Crippen LogP) is 2.47. The molecule has 0 fully saturated rings. The molecule has 146 valence electrons. The number of aromatic nitrogens is 1. The highest BCUT2D eigenvalue weighted by molar-refractivity contribution is 6.22. The van der Waals surface area contributed by atoms with Crippen LogP contribution in [0.3, 0.4) is 0 Å². The van der Waals surface area contributed by atoms with E-state index in [0.717, 1.165) is 24.2 Å². The van der Waals surface area contributed by atoms with Crippen LogP contribution in [0.1, 0.15) is 56.4 Å². The van der Waals surface area contributed by atoms with Crippen molar-refractivity contribution in [3.05, 3.63) is 58.8 Å². The predicted molar refractivity (Wildman–Crippen MR) is 106 cm³/mol. The molecule has 1 N–H and O–H groups in total. The highest BCUT2D eigenvalue weighted by Crippen LogP contribution is 2.24. The van der Waals surface area contributed by atoms with Gasteiger partial charge in [0.2, 0.25) is 0 Å². The lowest BCUT2D eigenvalue weighted by atomic mass is 10.1. The van der Waals surface area contributed by atoms with Gasteiger partial charge in [-0.3, -0.25) is 19.3 Å². The molecule has 0 bridgehead atoms. The fraction of sp³-hybridized carbons (Fsp3) is 0.333. The van der Waals surface area contributed by atoms with Gasteiger partial charge in [-0.15, -0.1) is 0 Å². The summed E-state index contributed by atoms with van der Waals surface area (Å²) in [5.74, 6) is -0.135. The summed E-state index contributed by atoms with van der Waals surface area (Å²) in [7, 11) is 3.78. The second-order valence-corrected chi connectivity index (χ2v) is 6.94. The molecule has 0 saturated carbocycles. The Bertz CT molecular complexity index is 924. The van der Waals surface area contributed by atoms with Crippen LogP contribution in [0.15, 0.2) is 36.5 Å². The Labute approximate surface area is 164 Å². The summed E-state index contributed by atoms with van der Waals surface area (Å²) in [5, 5.41) is 2.86. The van der Waals surface area contributed by atoms with Crippen LogP contribution in [0.2, 0.25) is 0 Å². The number of nitrogens with one attached hydrogen (secondary N) is 1. The largest absolute Gasteiger partial charge is 0.362 e. The van der Waals surface area contributed by atoms with Gasteiger partial charge in [0.25, 0.3) is 17.7 Å². The average Bonchev–Trinajstić information content (AvgIpc) is 2.94. The second-order valence-electron chi connectivity index (χ2n) is 6.94. The minimum absolute atomic E-state index is 0.286. The Morgan fingerprint density at radius 2 is 1.89 bits per heavy atom. The molecule has 7 nitrogen and oxygen atoms in total. The fourth-order valence-corrected chi connectivity index (χ4v) is 3.20. The molecular formula is C21H24N4O3. The van der Waals surface area contributed by atoms with Gasteiger partial charge >= 0.3 is 0 Å². The zero-order valence-electron chi connectivity index (χ0n) is 16.4. The van der Waals surface area contributed by atoms with Crippen molar-refractivity contribution in [3.63, 3.8) is 0 Å². The Morgan fingerprint density at radius 1 is 1.14 bits per heavy atom. The molecule has 2 aromatic rings. The van der Waals surface area contributed by atoms with Crippen LogP contribution >= 0.6 is 0 Å². The average molecular weight is 380 g/mol. The summed E-state index contributed by atoms with van der Waals surface area (Å²) in [5.41, 5.74) is 1.90. The number of pyridine rings is 1. The zero-order chi connectivity index (χ0) is 20.3. The van der Waals surface area contributed by atoms with E-state index in [1.807, 2.05) is 38.1 Å². The monoisotopic (exact) mass is 380 g/mol. The van der Waals surface area contributed by atoms with Crippen LogP contribution in [0.25, 0.3) is 0 Å². The normalized spacial score (nSPS) is 12.9. The van der Waals surface area contributed by atoms with E-state index in [1.165, 1.54) is 11.0 Å². The number of imide groups is 1. The standard InChI is InChI=1S/C21H24N4O3/c1-4-5-11-25-20(27)16-9-8-14(12-17(16)21(25)28)19(26)23-13-15-7-6-10-22-18(15)24(2)3/h6-10,12H,4-5,11,13H2,1-3H3,(H,23,26). The van der Waals surface area contributed by atoms with E-state index in [-0.39, 0.29) is 17.7 Å². The van der Waals surface area contributed by atoms with Crippen LogP contribution in [0.5, 0.6) is 0 Å². The topological polar surface area (TPSA) is 82.6 Å². The molecule has 0 saturated heterocycles. The molecule has 28 heavy (non-hydrogen) atoms. The van der Waals surface area contributed by atoms with Gasteiger partial charge in [-0.05, 0) is 30.7 Å². The molecule has 1 aromatic heterocycles. The Morgan fingerprint density at radius 3 is 2.61 bits per heavy atom. The molecule has 7 heteroatoms. The van der Waals surface area contributed by atoms with Crippen LogP contribution in [0.4, 0.5) is 5.82 Å². The van der Waals surface area contributed by atoms with Crippen molar-refractivity contribution in [1.29, 1.82) is 0 Å². The van der Waals surface area contributed by atoms with Crippen molar-refractivity contribution in [3.8, 4) is 0 Å². The minimum atomic E-state index is -0.328. The van der Waals surface area contributed by atoms with E-state index in [4.69, 9.17) is 0 Å². The number of nitrogens with zero attached hydrogens (tertiary/aromatic N) is 3. The maximum atomic E-state index is 12.6. The quantitative estimate of drug-likeness (QED) is 0.746. The lowest BCUT2D eigenvalue weighted by molar-refractivity contribution is 0.0652. The van der Waals surface area contributed by atoms with E-state index in [9.17, 15) is 14.4 Å². The van der Waals surface area contributed by atoms with Gasteiger partial charge < -0.3 is 10.2 Å². The first-order valence-corrected chi connectivity index (χ1v) is 9.33. The van der Waals surface area contributed by atoms with Crippen LogP contribution in [0, 0.1) is 0 Å². The summed E-state index contributed by atoms with van der Waals surface area (Å²) >= 11 is 0. The van der Waals surface area contributed by atoms with Crippen molar-refractivity contribution in [2.75, 3.05) is 25.5 Å². The van der Waals surface area contributed by atoms with Crippen molar-refractivity contribution < 1.29 is 14.4 Å². The third-order valence-corrected chi connectivity index (χ3v) is 4.70. The molecule has 1 aliphatic heterocycles. The number of hydrogen-bond donors (Lipinski definition) is 1. The smallest absolute Gasteiger partial charge is 0.261 e. The summed E-state index contributed by atoms with van der Waals surface area (Å²) in [6, 6.07) is 8.37. The zero-order valence-corrected chi connectivity index (χ0v) is 16.4. The number of unbranched alkanes of at least 4 members (excludes halogenated alkanes) is 1. The maximum Gasteiger partial charge on any atom is 0.261 e. The molecular weight excluding hydrogens is 356 g/mol. The van der Waals surface area contributed by atoms with Crippen LogP contribution in [-0.4, -0.2) is 48.2 Å². The number of carbonyl (C=O) groups is 3. The highest BCUT2D eigenvalue weighted by atomic mass is 16.2. The third kappa shape index (κ3) is 3.74. The third-order valence-electron chi connectivity index (χ3n) is 4.70. The van der Waals surface area contributed by atoms with Gasteiger partial charge in [-0.1, -0.05) is 19.4 Å². The van der Waals surface area contributed by atoms with Crippen molar-refractivity contribution in [1.82, 2.24) is 15.2 Å². The number of rotatable bonds is 7. The van der Waals surface area contributed by atoms with E-state index in [2.05, 4.69) is 10.3 Å². The number of fused-ring (bicyclic) bond motifs is 1. The van der Waals surface area contributed by atoms with Crippen LogP contribution in [-0.2, 0) is 6.54 Å². The summed E-state index contributed by atoms with van der Waals surface area (Å²) in [6.07, 6.45) is 3.36. The molecule has 3 rings (SSSR count). The van der Waals surface area contributed by atoms with E-state index in [1.54, 1.807) is 18.3 Å². The molecule has 0 radical (unpaired) electrons. The lowest BCUT2D eigenvalue weighted by Crippen LogP contribution is -2.30. The summed E-state index contributed by atoms with van der Waals surface area (Å²) in [4.78, 5) is 45.0. The summed E-state index contributed by atoms with van der Waals surface area (Å²) < 4.78 is 0. The van der Waals surface area contributed by atoms with E-state index in [0.29, 0.717) is 29.8 Å². The Balaban J connectivity index is 1.75. The fourth-order valence-electron chi connectivity index (χ4n) is 3.20. The molecule has 3 amide bonds. The number of hydrogen-bond acceptors (Lipinski definition) is 5. The molecule has 1 aromatic carbocycles.